The molecule has 3 heterocycles. The molecule has 3 amide bonds. The molecule has 0 saturated carbocycles. The number of ether oxygens (including phenoxy) is 2. The second-order valence-corrected chi connectivity index (χ2v) is 13.1. The minimum atomic E-state index is -1.22. The van der Waals surface area contributed by atoms with Gasteiger partial charge in [-0.25, -0.2) is 0 Å². The van der Waals surface area contributed by atoms with Crippen molar-refractivity contribution in [3.05, 3.63) is 49.6 Å². The molecular weight excluding hydrogens is 602 g/mol. The zero-order valence-electron chi connectivity index (χ0n) is 25.2. The van der Waals surface area contributed by atoms with Crippen LogP contribution in [0.15, 0.2) is 49.6 Å². The topological polar surface area (TPSA) is 99.6 Å². The van der Waals surface area contributed by atoms with Crippen LogP contribution in [-0.2, 0) is 19.1 Å². The van der Waals surface area contributed by atoms with Crippen LogP contribution in [-0.4, -0.2) is 93.6 Å². The normalized spacial score (nSPS) is 28.6. The van der Waals surface area contributed by atoms with Gasteiger partial charge in [0.25, 0.3) is 0 Å². The van der Waals surface area contributed by atoms with Crippen molar-refractivity contribution >= 4 is 39.3 Å². The van der Waals surface area contributed by atoms with Crippen LogP contribution in [0, 0.1) is 17.8 Å². The van der Waals surface area contributed by atoms with Crippen molar-refractivity contribution in [2.24, 2.45) is 17.8 Å². The van der Waals surface area contributed by atoms with Gasteiger partial charge in [0.15, 0.2) is 0 Å². The fourth-order valence-corrected chi connectivity index (χ4v) is 7.92. The van der Waals surface area contributed by atoms with E-state index in [9.17, 15) is 19.5 Å². The quantitative estimate of drug-likeness (QED) is 0.259. The molecule has 1 spiro atoms. The van der Waals surface area contributed by atoms with Crippen LogP contribution in [0.4, 0.5) is 5.69 Å². The number of benzene rings is 1. The summed E-state index contributed by atoms with van der Waals surface area (Å²) in [5, 5.41) is 10.5. The zero-order chi connectivity index (χ0) is 30.9. The number of amides is 3. The third-order valence-electron chi connectivity index (χ3n) is 8.83. The lowest BCUT2D eigenvalue weighted by atomic mass is 9.70. The minimum absolute atomic E-state index is 0.136. The largest absolute Gasteiger partial charge is 0.494 e. The Hall–Kier alpha value is -2.69. The monoisotopic (exact) mass is 645 g/mol. The summed E-state index contributed by atoms with van der Waals surface area (Å²) < 4.78 is 12.3. The SMILES string of the molecule is C=CCN(C(=O)[C@H]1[C@@H]2OC3(CC2Br)C(C(=O)N(CC=C)C(C)C)N([C@@H](CO)C(C)C)C(=O)[C@H]13)c1ccc(OCC)cc1. The highest BCUT2D eigenvalue weighted by atomic mass is 79.9. The van der Waals surface area contributed by atoms with E-state index in [0.717, 1.165) is 0 Å². The average Bonchev–Trinajstić information content (AvgIpc) is 3.54. The molecule has 0 radical (unpaired) electrons. The van der Waals surface area contributed by atoms with Gasteiger partial charge < -0.3 is 29.3 Å². The lowest BCUT2D eigenvalue weighted by Gasteiger charge is -2.41. The van der Waals surface area contributed by atoms with Crippen molar-refractivity contribution in [2.45, 2.75) is 75.7 Å². The van der Waals surface area contributed by atoms with Crippen molar-refractivity contribution in [3.8, 4) is 5.75 Å². The van der Waals surface area contributed by atoms with E-state index in [1.165, 1.54) is 4.90 Å². The number of hydrogen-bond donors (Lipinski definition) is 1. The van der Waals surface area contributed by atoms with Crippen LogP contribution in [0.2, 0.25) is 0 Å². The third kappa shape index (κ3) is 5.30. The molecule has 3 aliphatic rings. The molecule has 0 aromatic heterocycles. The molecule has 230 valence electrons. The van der Waals surface area contributed by atoms with Crippen molar-refractivity contribution in [2.75, 3.05) is 31.2 Å². The van der Waals surface area contributed by atoms with Gasteiger partial charge in [0.1, 0.15) is 17.4 Å². The van der Waals surface area contributed by atoms with Crippen molar-refractivity contribution in [1.29, 1.82) is 0 Å². The maximum atomic E-state index is 14.5. The molecule has 4 rings (SSSR count). The summed E-state index contributed by atoms with van der Waals surface area (Å²) in [6.45, 7) is 18.0. The Bertz CT molecular complexity index is 1190. The Labute approximate surface area is 257 Å². The van der Waals surface area contributed by atoms with E-state index in [-0.39, 0.29) is 47.7 Å². The molecule has 9 nitrogen and oxygen atoms in total. The first kappa shape index (κ1) is 32.2. The van der Waals surface area contributed by atoms with E-state index < -0.39 is 35.6 Å². The number of nitrogens with zero attached hydrogens (tertiary/aromatic N) is 3. The minimum Gasteiger partial charge on any atom is -0.494 e. The number of hydrogen-bond acceptors (Lipinski definition) is 6. The molecule has 42 heavy (non-hydrogen) atoms. The molecular formula is C32H44BrN3O6. The molecule has 3 saturated heterocycles. The summed E-state index contributed by atoms with van der Waals surface area (Å²) >= 11 is 3.75. The lowest BCUT2D eigenvalue weighted by molar-refractivity contribution is -0.153. The number of carbonyl (C=O) groups excluding carboxylic acids is 3. The number of aliphatic hydroxyl groups excluding tert-OH is 1. The summed E-state index contributed by atoms with van der Waals surface area (Å²) in [5.41, 5.74) is -0.573. The molecule has 2 bridgehead atoms. The molecule has 3 unspecified atom stereocenters. The number of alkyl halides is 1. The van der Waals surface area contributed by atoms with E-state index in [0.29, 0.717) is 31.0 Å². The second kappa shape index (κ2) is 12.9. The molecule has 3 fully saturated rings. The standard InChI is InChI=1S/C32H44BrN3O6/c1-8-15-34(20(6)7)31(40)28-32-17-23(33)27(42-32)25(26(32)30(39)36(28)24(18-37)19(4)5)29(38)35(16-9-2)21-11-13-22(14-12-21)41-10-3/h8-9,11-14,19-20,23-28,37H,1-2,10,15-18H2,3-7H3/t23?,24-,25+,26-,27+,28?,32?/m0/s1. The molecule has 10 heteroatoms. The Balaban J connectivity index is 1.81. The van der Waals surface area contributed by atoms with Crippen LogP contribution in [0.25, 0.3) is 0 Å². The predicted molar refractivity (Wildman–Crippen MR) is 165 cm³/mol. The fourth-order valence-electron chi connectivity index (χ4n) is 6.98. The van der Waals surface area contributed by atoms with Gasteiger partial charge in [0.2, 0.25) is 17.7 Å². The Kier molecular flexibility index (Phi) is 9.89. The van der Waals surface area contributed by atoms with Gasteiger partial charge in [-0.1, -0.05) is 41.9 Å². The maximum absolute atomic E-state index is 14.5. The first-order valence-electron chi connectivity index (χ1n) is 14.8. The van der Waals surface area contributed by atoms with E-state index >= 15 is 0 Å². The first-order valence-corrected chi connectivity index (χ1v) is 15.7. The molecule has 3 aliphatic heterocycles. The molecule has 0 aliphatic carbocycles. The maximum Gasteiger partial charge on any atom is 0.248 e. The highest BCUT2D eigenvalue weighted by Gasteiger charge is 2.77. The number of rotatable bonds is 13. The van der Waals surface area contributed by atoms with Crippen LogP contribution >= 0.6 is 15.9 Å². The molecule has 1 aromatic carbocycles. The summed E-state index contributed by atoms with van der Waals surface area (Å²) in [7, 11) is 0. The van der Waals surface area contributed by atoms with Crippen molar-refractivity contribution < 1.29 is 29.0 Å². The van der Waals surface area contributed by atoms with Gasteiger partial charge in [0, 0.05) is 29.6 Å². The van der Waals surface area contributed by atoms with Crippen molar-refractivity contribution in [1.82, 2.24) is 9.80 Å². The molecule has 1 N–H and O–H groups in total. The van der Waals surface area contributed by atoms with Gasteiger partial charge >= 0.3 is 0 Å². The van der Waals surface area contributed by atoms with Crippen molar-refractivity contribution in [3.63, 3.8) is 0 Å². The number of likely N-dealkylation sites (tertiary alicyclic amines) is 1. The molecule has 7 atom stereocenters. The highest BCUT2D eigenvalue weighted by Crippen LogP contribution is 2.61. The number of halogens is 1. The summed E-state index contributed by atoms with van der Waals surface area (Å²) in [6.07, 6.45) is 3.11. The number of aliphatic hydroxyl groups is 1. The predicted octanol–water partition coefficient (Wildman–Crippen LogP) is 3.79. The van der Waals surface area contributed by atoms with E-state index in [2.05, 4.69) is 29.1 Å². The van der Waals surface area contributed by atoms with E-state index in [4.69, 9.17) is 9.47 Å². The van der Waals surface area contributed by atoms with Gasteiger partial charge in [-0.3, -0.25) is 14.4 Å². The van der Waals surface area contributed by atoms with Gasteiger partial charge in [0.05, 0.1) is 37.2 Å². The van der Waals surface area contributed by atoms with E-state index in [1.54, 1.807) is 34.1 Å². The highest BCUT2D eigenvalue weighted by molar-refractivity contribution is 9.09. The number of carbonyl (C=O) groups is 3. The number of anilines is 1. The Morgan fingerprint density at radius 1 is 1.17 bits per heavy atom. The smallest absolute Gasteiger partial charge is 0.248 e. The molecule has 1 aromatic rings. The third-order valence-corrected chi connectivity index (χ3v) is 9.67. The Morgan fingerprint density at radius 3 is 2.33 bits per heavy atom. The summed E-state index contributed by atoms with van der Waals surface area (Å²) in [4.78, 5) is 48.0. The lowest BCUT2D eigenvalue weighted by Crippen LogP contribution is -2.60. The fraction of sp³-hybridized carbons (Fsp3) is 0.594. The zero-order valence-corrected chi connectivity index (χ0v) is 26.8. The van der Waals surface area contributed by atoms with E-state index in [1.807, 2.05) is 46.8 Å². The van der Waals surface area contributed by atoms with Gasteiger partial charge in [-0.2, -0.15) is 0 Å². The second-order valence-electron chi connectivity index (χ2n) is 11.9. The average molecular weight is 647 g/mol. The summed E-state index contributed by atoms with van der Waals surface area (Å²) in [5.74, 6) is -2.01. The first-order chi connectivity index (χ1) is 20.0. The number of fused-ring (bicyclic) bond motifs is 1. The van der Waals surface area contributed by atoms with Crippen LogP contribution in [0.1, 0.15) is 41.0 Å². The van der Waals surface area contributed by atoms with Gasteiger partial charge in [-0.15, -0.1) is 13.2 Å². The van der Waals surface area contributed by atoms with Gasteiger partial charge in [-0.05, 0) is 57.4 Å². The Morgan fingerprint density at radius 2 is 1.81 bits per heavy atom. The summed E-state index contributed by atoms with van der Waals surface area (Å²) in [6, 6.07) is 5.47. The van der Waals surface area contributed by atoms with Crippen LogP contribution in [0.5, 0.6) is 5.75 Å². The van der Waals surface area contributed by atoms with Crippen LogP contribution in [0.3, 0.4) is 0 Å². The van der Waals surface area contributed by atoms with Crippen LogP contribution < -0.4 is 9.64 Å².